The molecular weight excluding hydrogens is 164 g/mol. The van der Waals surface area contributed by atoms with Crippen LogP contribution in [0.2, 0.25) is 0 Å². The van der Waals surface area contributed by atoms with Crippen molar-refractivity contribution in [3.8, 4) is 0 Å². The first-order chi connectivity index (χ1) is 5.63. The topological polar surface area (TPSA) is 90.2 Å². The summed E-state index contributed by atoms with van der Waals surface area (Å²) in [5, 5.41) is 17.0. The Kier molecular flexibility index (Phi) is 2.09. The largest absolute Gasteiger partial charge is 0.477 e. The molecule has 0 bridgehead atoms. The molecule has 6 heteroatoms. The van der Waals surface area contributed by atoms with Crippen LogP contribution in [0.15, 0.2) is 16.8 Å². The number of rotatable bonds is 1. The van der Waals surface area contributed by atoms with Gasteiger partial charge in [0, 0.05) is 6.21 Å². The lowest BCUT2D eigenvalue weighted by Crippen LogP contribution is -2.34. The van der Waals surface area contributed by atoms with E-state index in [-0.39, 0.29) is 12.4 Å². The summed E-state index contributed by atoms with van der Waals surface area (Å²) in [5.74, 6) is -1.27. The third kappa shape index (κ3) is 1.42. The zero-order chi connectivity index (χ0) is 9.14. The van der Waals surface area contributed by atoms with Crippen LogP contribution in [-0.2, 0) is 4.79 Å². The van der Waals surface area contributed by atoms with Crippen molar-refractivity contribution in [3.05, 3.63) is 11.8 Å². The number of carboxylic acid groups (broad SMARTS) is 2. The molecule has 1 amide bonds. The third-order valence-electron chi connectivity index (χ3n) is 1.30. The normalized spacial score (nSPS) is 15.7. The molecule has 0 aromatic rings. The molecule has 12 heavy (non-hydrogen) atoms. The molecule has 1 aliphatic rings. The predicted octanol–water partition coefficient (Wildman–Crippen LogP) is -0.0232. The predicted molar refractivity (Wildman–Crippen MR) is 38.9 cm³/mol. The Labute approximate surface area is 67.4 Å². The molecule has 2 N–H and O–H groups in total. The Balaban J connectivity index is 2.91. The van der Waals surface area contributed by atoms with E-state index >= 15 is 0 Å². The first kappa shape index (κ1) is 8.25. The lowest BCUT2D eigenvalue weighted by atomic mass is 10.3. The first-order valence-corrected chi connectivity index (χ1v) is 3.07. The van der Waals surface area contributed by atoms with E-state index in [1.807, 2.05) is 0 Å². The first-order valence-electron chi connectivity index (χ1n) is 3.07. The van der Waals surface area contributed by atoms with Crippen LogP contribution >= 0.6 is 0 Å². The molecule has 0 saturated heterocycles. The van der Waals surface area contributed by atoms with Gasteiger partial charge in [-0.25, -0.2) is 9.59 Å². The van der Waals surface area contributed by atoms with Crippen LogP contribution in [0.1, 0.15) is 0 Å². The number of hydrogen-bond acceptors (Lipinski definition) is 3. The number of carbonyl (C=O) groups is 2. The zero-order valence-electron chi connectivity index (χ0n) is 5.97. The van der Waals surface area contributed by atoms with E-state index in [1.54, 1.807) is 0 Å². The standard InChI is InChI=1S/C6H6N2O4/c9-5(10)4-1-2-7-3-8(4)6(11)12/h1-2H,3H2,(H,9,10)(H,11,12). The lowest BCUT2D eigenvalue weighted by Gasteiger charge is -2.18. The molecule has 6 nitrogen and oxygen atoms in total. The number of amides is 1. The van der Waals surface area contributed by atoms with Gasteiger partial charge < -0.3 is 10.2 Å². The Morgan fingerprint density at radius 1 is 1.50 bits per heavy atom. The molecular formula is C6H6N2O4. The van der Waals surface area contributed by atoms with Crippen LogP contribution in [0.5, 0.6) is 0 Å². The van der Waals surface area contributed by atoms with Crippen LogP contribution in [0, 0.1) is 0 Å². The molecule has 0 unspecified atom stereocenters. The third-order valence-corrected chi connectivity index (χ3v) is 1.30. The highest BCUT2D eigenvalue weighted by atomic mass is 16.4. The maximum absolute atomic E-state index is 10.4. The Hall–Kier alpha value is -1.85. The highest BCUT2D eigenvalue weighted by Gasteiger charge is 2.23. The number of aliphatic imine (C=N–C) groups is 1. The zero-order valence-corrected chi connectivity index (χ0v) is 5.97. The Morgan fingerprint density at radius 2 is 2.17 bits per heavy atom. The second-order valence-electron chi connectivity index (χ2n) is 2.04. The summed E-state index contributed by atoms with van der Waals surface area (Å²) in [4.78, 5) is 25.1. The van der Waals surface area contributed by atoms with E-state index in [2.05, 4.69) is 4.99 Å². The second kappa shape index (κ2) is 3.04. The van der Waals surface area contributed by atoms with Gasteiger partial charge in [0.2, 0.25) is 0 Å². The lowest BCUT2D eigenvalue weighted by molar-refractivity contribution is -0.134. The van der Waals surface area contributed by atoms with Crippen molar-refractivity contribution >= 4 is 18.3 Å². The van der Waals surface area contributed by atoms with Crippen molar-refractivity contribution in [1.29, 1.82) is 0 Å². The van der Waals surface area contributed by atoms with Crippen molar-refractivity contribution in [2.75, 3.05) is 6.67 Å². The molecule has 1 heterocycles. The maximum atomic E-state index is 10.4. The summed E-state index contributed by atoms with van der Waals surface area (Å²) in [5.41, 5.74) is -0.280. The highest BCUT2D eigenvalue weighted by Crippen LogP contribution is 2.07. The molecule has 0 atom stereocenters. The summed E-state index contributed by atoms with van der Waals surface area (Å²) in [6.45, 7) is -0.159. The molecule has 0 aromatic heterocycles. The van der Waals surface area contributed by atoms with Gasteiger partial charge in [0.25, 0.3) is 0 Å². The van der Waals surface area contributed by atoms with Crippen LogP contribution in [0.4, 0.5) is 4.79 Å². The van der Waals surface area contributed by atoms with Crippen LogP contribution in [0.25, 0.3) is 0 Å². The maximum Gasteiger partial charge on any atom is 0.413 e. The van der Waals surface area contributed by atoms with Crippen molar-refractivity contribution in [1.82, 2.24) is 4.90 Å². The number of hydrogen-bond donors (Lipinski definition) is 2. The van der Waals surface area contributed by atoms with Gasteiger partial charge >= 0.3 is 12.1 Å². The summed E-state index contributed by atoms with van der Waals surface area (Å²) >= 11 is 0. The second-order valence-corrected chi connectivity index (χ2v) is 2.04. The van der Waals surface area contributed by atoms with E-state index in [0.717, 1.165) is 6.08 Å². The van der Waals surface area contributed by atoms with Crippen LogP contribution in [-0.4, -0.2) is 40.1 Å². The highest BCUT2D eigenvalue weighted by molar-refractivity contribution is 5.95. The van der Waals surface area contributed by atoms with Crippen molar-refractivity contribution in [2.24, 2.45) is 4.99 Å². The Morgan fingerprint density at radius 3 is 2.58 bits per heavy atom. The van der Waals surface area contributed by atoms with Gasteiger partial charge in [-0.2, -0.15) is 0 Å². The fourth-order valence-electron chi connectivity index (χ4n) is 0.769. The summed E-state index contributed by atoms with van der Waals surface area (Å²) in [7, 11) is 0. The quantitative estimate of drug-likeness (QED) is 0.578. The van der Waals surface area contributed by atoms with Gasteiger partial charge in [0.1, 0.15) is 12.4 Å². The summed E-state index contributed by atoms with van der Waals surface area (Å²) in [6, 6.07) is 0. The molecule has 0 spiro atoms. The van der Waals surface area contributed by atoms with Gasteiger partial charge in [-0.3, -0.25) is 9.89 Å². The SMILES string of the molecule is O=C(O)C1=CC=NCN1C(=O)O. The van der Waals surface area contributed by atoms with E-state index in [4.69, 9.17) is 10.2 Å². The van der Waals surface area contributed by atoms with Gasteiger partial charge in [-0.15, -0.1) is 0 Å². The fourth-order valence-corrected chi connectivity index (χ4v) is 0.769. The van der Waals surface area contributed by atoms with E-state index < -0.39 is 12.1 Å². The van der Waals surface area contributed by atoms with E-state index in [1.165, 1.54) is 6.21 Å². The average Bonchev–Trinajstić information content (AvgIpc) is 2.04. The van der Waals surface area contributed by atoms with E-state index in [9.17, 15) is 9.59 Å². The average molecular weight is 170 g/mol. The molecule has 0 saturated carbocycles. The number of aliphatic carboxylic acids is 1. The van der Waals surface area contributed by atoms with Gasteiger partial charge in [0.15, 0.2) is 0 Å². The van der Waals surface area contributed by atoms with Gasteiger partial charge in [-0.05, 0) is 6.08 Å². The minimum absolute atomic E-state index is 0.159. The number of carboxylic acids is 1. The van der Waals surface area contributed by atoms with Crippen molar-refractivity contribution in [2.45, 2.75) is 0 Å². The summed E-state index contributed by atoms with van der Waals surface area (Å²) < 4.78 is 0. The number of allylic oxidation sites excluding steroid dienone is 1. The van der Waals surface area contributed by atoms with Crippen LogP contribution in [0.3, 0.4) is 0 Å². The van der Waals surface area contributed by atoms with Gasteiger partial charge in [0.05, 0.1) is 0 Å². The van der Waals surface area contributed by atoms with Crippen LogP contribution < -0.4 is 0 Å². The minimum Gasteiger partial charge on any atom is -0.477 e. The smallest absolute Gasteiger partial charge is 0.413 e. The molecule has 64 valence electrons. The summed E-state index contributed by atoms with van der Waals surface area (Å²) in [6.07, 6.45) is 1.09. The van der Waals surface area contributed by atoms with Crippen molar-refractivity contribution < 1.29 is 19.8 Å². The van der Waals surface area contributed by atoms with E-state index in [0.29, 0.717) is 4.90 Å². The molecule has 0 aliphatic carbocycles. The molecule has 1 rings (SSSR count). The molecule has 0 radical (unpaired) electrons. The van der Waals surface area contributed by atoms with Gasteiger partial charge in [-0.1, -0.05) is 0 Å². The fraction of sp³-hybridized carbons (Fsp3) is 0.167. The number of nitrogens with zero attached hydrogens (tertiary/aromatic N) is 2. The minimum atomic E-state index is -1.32. The molecule has 0 fully saturated rings. The Bertz CT molecular complexity index is 281. The van der Waals surface area contributed by atoms with Crippen molar-refractivity contribution in [3.63, 3.8) is 0 Å². The molecule has 0 aromatic carbocycles. The monoisotopic (exact) mass is 170 g/mol. The molecule has 1 aliphatic heterocycles.